The summed E-state index contributed by atoms with van der Waals surface area (Å²) in [7, 11) is 2.05. The number of hydrogen-bond donors (Lipinski definition) is 1. The molecule has 14 heavy (non-hydrogen) atoms. The van der Waals surface area contributed by atoms with E-state index in [1.165, 1.54) is 17.6 Å². The van der Waals surface area contributed by atoms with Gasteiger partial charge in [0.05, 0.1) is 0 Å². The predicted molar refractivity (Wildman–Crippen MR) is 60.1 cm³/mol. The average molecular weight is 187 g/mol. The van der Waals surface area contributed by atoms with Gasteiger partial charge in [-0.25, -0.2) is 0 Å². The number of hydrogen-bond acceptors (Lipinski definition) is 1. The van der Waals surface area contributed by atoms with Gasteiger partial charge in [-0.05, 0) is 43.9 Å². The second kappa shape index (κ2) is 4.45. The summed E-state index contributed by atoms with van der Waals surface area (Å²) in [6.07, 6.45) is 13.4. The monoisotopic (exact) mass is 187 g/mol. The van der Waals surface area contributed by atoms with Gasteiger partial charge in [-0.1, -0.05) is 24.3 Å². The Balaban J connectivity index is 2.26. The molecule has 0 aliphatic heterocycles. The molecule has 0 aromatic carbocycles. The molecule has 0 aromatic heterocycles. The maximum Gasteiger partial charge on any atom is 0.0114 e. The van der Waals surface area contributed by atoms with Crippen molar-refractivity contribution >= 4 is 0 Å². The molecule has 0 saturated carbocycles. The Hall–Kier alpha value is -1.04. The van der Waals surface area contributed by atoms with Gasteiger partial charge < -0.3 is 5.32 Å². The predicted octanol–water partition coefficient (Wildman–Crippen LogP) is 2.73. The fourth-order valence-corrected chi connectivity index (χ4v) is 2.00. The van der Waals surface area contributed by atoms with Crippen LogP contribution in [-0.4, -0.2) is 13.1 Å². The fourth-order valence-electron chi connectivity index (χ4n) is 2.00. The standard InChI is InChI=1S/C13H17N/c1-14-13-8-7-11-5-3-2-4-6-12(9-11)10-13/h3-6,13-14H,2,7-8,10H2,1H3/b5-3?,6-4-. The first-order valence-electron chi connectivity index (χ1n) is 5.37. The number of allylic oxidation sites excluding steroid dienone is 4. The van der Waals surface area contributed by atoms with Gasteiger partial charge in [0.25, 0.3) is 0 Å². The molecule has 1 heteroatoms. The van der Waals surface area contributed by atoms with Crippen LogP contribution in [0.15, 0.2) is 41.2 Å². The van der Waals surface area contributed by atoms with Crippen LogP contribution in [0, 0.1) is 0 Å². The molecule has 2 bridgehead atoms. The normalized spacial score (nSPS) is 28.2. The molecule has 1 atom stereocenters. The maximum atomic E-state index is 3.50. The SMILES string of the molecule is CNC1CCC2=C=C(/C=C\CC=C2)C1. The van der Waals surface area contributed by atoms with Gasteiger partial charge in [0.1, 0.15) is 0 Å². The van der Waals surface area contributed by atoms with Crippen LogP contribution in [-0.2, 0) is 0 Å². The lowest BCUT2D eigenvalue weighted by molar-refractivity contribution is 0.528. The van der Waals surface area contributed by atoms with Crippen LogP contribution in [0.5, 0.6) is 0 Å². The quantitative estimate of drug-likeness (QED) is 0.622. The van der Waals surface area contributed by atoms with E-state index in [9.17, 15) is 0 Å². The summed E-state index contributed by atoms with van der Waals surface area (Å²) < 4.78 is 0. The molecule has 2 aliphatic rings. The maximum absolute atomic E-state index is 3.50. The van der Waals surface area contributed by atoms with Crippen LogP contribution in [0.1, 0.15) is 25.7 Å². The van der Waals surface area contributed by atoms with Crippen LogP contribution >= 0.6 is 0 Å². The second-order valence-electron chi connectivity index (χ2n) is 3.94. The van der Waals surface area contributed by atoms with Crippen molar-refractivity contribution in [2.45, 2.75) is 31.7 Å². The Morgan fingerprint density at radius 1 is 1.29 bits per heavy atom. The molecule has 74 valence electrons. The van der Waals surface area contributed by atoms with Crippen molar-refractivity contribution in [2.75, 3.05) is 7.05 Å². The van der Waals surface area contributed by atoms with Crippen LogP contribution in [0.4, 0.5) is 0 Å². The van der Waals surface area contributed by atoms with E-state index in [1.54, 1.807) is 0 Å². The molecule has 0 radical (unpaired) electrons. The van der Waals surface area contributed by atoms with E-state index in [0.717, 1.165) is 19.3 Å². The third-order valence-electron chi connectivity index (χ3n) is 2.87. The van der Waals surface area contributed by atoms with E-state index >= 15 is 0 Å². The third kappa shape index (κ3) is 2.25. The lowest BCUT2D eigenvalue weighted by atomic mass is 10.0. The van der Waals surface area contributed by atoms with Gasteiger partial charge in [-0.3, -0.25) is 0 Å². The molecule has 2 rings (SSSR count). The van der Waals surface area contributed by atoms with E-state index in [1.807, 2.05) is 7.05 Å². The molecule has 2 aliphatic carbocycles. The number of rotatable bonds is 1. The summed E-state index contributed by atoms with van der Waals surface area (Å²) in [6, 6.07) is 0.617. The Labute approximate surface area is 85.9 Å². The smallest absolute Gasteiger partial charge is 0.0114 e. The zero-order chi connectivity index (χ0) is 9.80. The van der Waals surface area contributed by atoms with Crippen molar-refractivity contribution in [3.05, 3.63) is 41.2 Å². The topological polar surface area (TPSA) is 12.0 Å². The molecule has 0 amide bonds. The van der Waals surface area contributed by atoms with Gasteiger partial charge in [0, 0.05) is 6.04 Å². The molecule has 1 unspecified atom stereocenters. The van der Waals surface area contributed by atoms with Gasteiger partial charge in [0.15, 0.2) is 0 Å². The molecule has 0 heterocycles. The summed E-state index contributed by atoms with van der Waals surface area (Å²) in [5, 5.41) is 3.37. The molecule has 1 N–H and O–H groups in total. The minimum absolute atomic E-state index is 0.617. The molecule has 0 fully saturated rings. The van der Waals surface area contributed by atoms with Gasteiger partial charge in [-0.15, -0.1) is 5.73 Å². The zero-order valence-electron chi connectivity index (χ0n) is 8.72. The minimum atomic E-state index is 0.617. The minimum Gasteiger partial charge on any atom is -0.317 e. The van der Waals surface area contributed by atoms with Crippen LogP contribution in [0.25, 0.3) is 0 Å². The first-order chi connectivity index (χ1) is 6.88. The fraction of sp³-hybridized carbons (Fsp3) is 0.462. The first kappa shape index (κ1) is 9.51. The highest BCUT2D eigenvalue weighted by Crippen LogP contribution is 2.21. The van der Waals surface area contributed by atoms with Crippen molar-refractivity contribution in [1.82, 2.24) is 5.32 Å². The Kier molecular flexibility index (Phi) is 3.03. The van der Waals surface area contributed by atoms with Crippen molar-refractivity contribution < 1.29 is 0 Å². The van der Waals surface area contributed by atoms with E-state index in [0.29, 0.717) is 6.04 Å². The van der Waals surface area contributed by atoms with Crippen molar-refractivity contribution in [3.63, 3.8) is 0 Å². The van der Waals surface area contributed by atoms with E-state index in [-0.39, 0.29) is 0 Å². The van der Waals surface area contributed by atoms with Crippen LogP contribution in [0.3, 0.4) is 0 Å². The van der Waals surface area contributed by atoms with Crippen molar-refractivity contribution in [2.24, 2.45) is 0 Å². The molecule has 0 saturated heterocycles. The second-order valence-corrected chi connectivity index (χ2v) is 3.94. The van der Waals surface area contributed by atoms with Gasteiger partial charge >= 0.3 is 0 Å². The third-order valence-corrected chi connectivity index (χ3v) is 2.87. The summed E-state index contributed by atoms with van der Waals surface area (Å²) in [5.74, 6) is 0. The largest absolute Gasteiger partial charge is 0.317 e. The summed E-state index contributed by atoms with van der Waals surface area (Å²) in [5.41, 5.74) is 6.21. The summed E-state index contributed by atoms with van der Waals surface area (Å²) >= 11 is 0. The van der Waals surface area contributed by atoms with E-state index in [4.69, 9.17) is 0 Å². The van der Waals surface area contributed by atoms with Crippen molar-refractivity contribution in [1.29, 1.82) is 0 Å². The van der Waals surface area contributed by atoms with E-state index < -0.39 is 0 Å². The summed E-state index contributed by atoms with van der Waals surface area (Å²) in [6.45, 7) is 0. The van der Waals surface area contributed by atoms with Gasteiger partial charge in [-0.2, -0.15) is 0 Å². The molecular formula is C13H17N. The molecule has 1 nitrogen and oxygen atoms in total. The van der Waals surface area contributed by atoms with Gasteiger partial charge in [0.2, 0.25) is 0 Å². The highest BCUT2D eigenvalue weighted by molar-refractivity contribution is 5.31. The Morgan fingerprint density at radius 3 is 2.86 bits per heavy atom. The zero-order valence-corrected chi connectivity index (χ0v) is 8.72. The summed E-state index contributed by atoms with van der Waals surface area (Å²) in [4.78, 5) is 0. The molecule has 0 spiro atoms. The molecular weight excluding hydrogens is 170 g/mol. The molecule has 0 aromatic rings. The van der Waals surface area contributed by atoms with Crippen molar-refractivity contribution in [3.8, 4) is 0 Å². The Bertz CT molecular complexity index is 327. The van der Waals surface area contributed by atoms with Crippen LogP contribution in [0.2, 0.25) is 0 Å². The first-order valence-corrected chi connectivity index (χ1v) is 5.37. The van der Waals surface area contributed by atoms with Crippen LogP contribution < -0.4 is 5.32 Å². The lowest BCUT2D eigenvalue weighted by Crippen LogP contribution is -2.24. The highest BCUT2D eigenvalue weighted by atomic mass is 14.9. The Morgan fingerprint density at radius 2 is 2.07 bits per heavy atom. The van der Waals surface area contributed by atoms with E-state index in [2.05, 4.69) is 35.4 Å². The highest BCUT2D eigenvalue weighted by Gasteiger charge is 2.12. The number of nitrogens with one attached hydrogen (secondary N) is 1. The lowest BCUT2D eigenvalue weighted by Gasteiger charge is -2.13. The average Bonchev–Trinajstić information content (AvgIpc) is 2.37.